The van der Waals surface area contributed by atoms with Gasteiger partial charge >= 0.3 is 0 Å². The molecule has 2 amide bonds. The smallest absolute Gasteiger partial charge is 0.259 e. The van der Waals surface area contributed by atoms with E-state index in [1.807, 2.05) is 25.1 Å². The summed E-state index contributed by atoms with van der Waals surface area (Å²) in [7, 11) is 1.56. The number of hydrogen-bond acceptors (Lipinski definition) is 7. The molecule has 0 saturated carbocycles. The Balaban J connectivity index is 1.26. The largest absolute Gasteiger partial charge is 0.493 e. The first kappa shape index (κ1) is 23.6. The van der Waals surface area contributed by atoms with Crippen LogP contribution in [-0.2, 0) is 11.4 Å². The number of hydrazone groups is 1. The highest BCUT2D eigenvalue weighted by Crippen LogP contribution is 2.32. The van der Waals surface area contributed by atoms with Crippen molar-refractivity contribution in [2.75, 3.05) is 20.4 Å². The molecule has 0 unspecified atom stereocenters. The molecule has 2 N–H and O–H groups in total. The number of carbonyl (C=O) groups excluding carboxylic acids is 2. The molecule has 0 saturated heterocycles. The summed E-state index contributed by atoms with van der Waals surface area (Å²) < 4.78 is 21.8. The third kappa shape index (κ3) is 6.29. The number of benzene rings is 3. The first-order valence-electron chi connectivity index (χ1n) is 10.9. The number of carbonyl (C=O) groups is 2. The molecular formula is C26H25N3O6. The summed E-state index contributed by atoms with van der Waals surface area (Å²) in [4.78, 5) is 24.3. The zero-order valence-electron chi connectivity index (χ0n) is 19.4. The lowest BCUT2D eigenvalue weighted by Gasteiger charge is -2.11. The molecule has 0 aromatic heterocycles. The van der Waals surface area contributed by atoms with Crippen molar-refractivity contribution in [3.8, 4) is 23.0 Å². The second-order valence-corrected chi connectivity index (χ2v) is 7.73. The molecule has 0 fully saturated rings. The van der Waals surface area contributed by atoms with Crippen LogP contribution in [0.4, 0.5) is 0 Å². The summed E-state index contributed by atoms with van der Waals surface area (Å²) in [6.07, 6.45) is 1.48. The number of nitrogens with zero attached hydrogens (tertiary/aromatic N) is 1. The van der Waals surface area contributed by atoms with Crippen LogP contribution < -0.4 is 29.7 Å². The van der Waals surface area contributed by atoms with Crippen LogP contribution in [0, 0.1) is 6.92 Å². The van der Waals surface area contributed by atoms with Crippen molar-refractivity contribution in [2.45, 2.75) is 13.5 Å². The maximum atomic E-state index is 12.3. The minimum Gasteiger partial charge on any atom is -0.493 e. The molecular weight excluding hydrogens is 450 g/mol. The minimum absolute atomic E-state index is 0.121. The van der Waals surface area contributed by atoms with Gasteiger partial charge in [0, 0.05) is 5.56 Å². The van der Waals surface area contributed by atoms with Crippen LogP contribution >= 0.6 is 0 Å². The summed E-state index contributed by atoms with van der Waals surface area (Å²) >= 11 is 0. The van der Waals surface area contributed by atoms with Crippen molar-refractivity contribution in [1.29, 1.82) is 0 Å². The zero-order valence-corrected chi connectivity index (χ0v) is 19.4. The second-order valence-electron chi connectivity index (χ2n) is 7.73. The number of amides is 2. The van der Waals surface area contributed by atoms with E-state index in [0.717, 1.165) is 5.56 Å². The molecule has 9 nitrogen and oxygen atoms in total. The topological polar surface area (TPSA) is 107 Å². The number of hydrogen-bond donors (Lipinski definition) is 2. The average molecular weight is 476 g/mol. The van der Waals surface area contributed by atoms with E-state index in [1.54, 1.807) is 43.5 Å². The Hall–Kier alpha value is -4.53. The van der Waals surface area contributed by atoms with Gasteiger partial charge in [-0.2, -0.15) is 5.10 Å². The molecule has 1 heterocycles. The Morgan fingerprint density at radius 1 is 1.03 bits per heavy atom. The number of aryl methyl sites for hydroxylation is 1. The second kappa shape index (κ2) is 11.1. The summed E-state index contributed by atoms with van der Waals surface area (Å²) in [6, 6.07) is 18.2. The van der Waals surface area contributed by atoms with Gasteiger partial charge in [0.2, 0.25) is 6.79 Å². The molecule has 1 aliphatic heterocycles. The molecule has 0 aliphatic carbocycles. The normalized spacial score (nSPS) is 11.8. The Morgan fingerprint density at radius 3 is 2.71 bits per heavy atom. The number of methoxy groups -OCH3 is 1. The Bertz CT molecular complexity index is 1260. The fraction of sp³-hybridized carbons (Fsp3) is 0.192. The lowest BCUT2D eigenvalue weighted by molar-refractivity contribution is -0.120. The SMILES string of the molecule is COc1cc(C=NNC(=O)CNC(=O)c2ccc3c(c2)OCO3)ccc1OCc1cccc(C)c1. The average Bonchev–Trinajstić information content (AvgIpc) is 3.34. The monoisotopic (exact) mass is 475 g/mol. The van der Waals surface area contributed by atoms with Gasteiger partial charge in [0.05, 0.1) is 19.9 Å². The third-order valence-electron chi connectivity index (χ3n) is 5.11. The molecule has 1 aliphatic rings. The number of ether oxygens (including phenoxy) is 4. The van der Waals surface area contributed by atoms with Crippen LogP contribution in [0.3, 0.4) is 0 Å². The molecule has 0 bridgehead atoms. The van der Waals surface area contributed by atoms with E-state index in [0.29, 0.717) is 40.7 Å². The van der Waals surface area contributed by atoms with Crippen LogP contribution in [-0.4, -0.2) is 38.5 Å². The molecule has 9 heteroatoms. The van der Waals surface area contributed by atoms with Crippen molar-refractivity contribution in [3.63, 3.8) is 0 Å². The van der Waals surface area contributed by atoms with Crippen molar-refractivity contribution in [3.05, 3.63) is 82.9 Å². The maximum Gasteiger partial charge on any atom is 0.259 e. The van der Waals surface area contributed by atoms with Crippen molar-refractivity contribution >= 4 is 18.0 Å². The quantitative estimate of drug-likeness (QED) is 0.364. The predicted octanol–water partition coefficient (Wildman–Crippen LogP) is 3.19. The third-order valence-corrected chi connectivity index (χ3v) is 5.11. The maximum absolute atomic E-state index is 12.3. The van der Waals surface area contributed by atoms with E-state index in [1.165, 1.54) is 11.8 Å². The summed E-state index contributed by atoms with van der Waals surface area (Å²) in [5, 5.41) is 6.48. The van der Waals surface area contributed by atoms with Gasteiger partial charge in [0.1, 0.15) is 6.61 Å². The van der Waals surface area contributed by atoms with Crippen LogP contribution in [0.25, 0.3) is 0 Å². The summed E-state index contributed by atoms with van der Waals surface area (Å²) in [6.45, 7) is 2.33. The lowest BCUT2D eigenvalue weighted by atomic mass is 10.1. The van der Waals surface area contributed by atoms with Crippen LogP contribution in [0.5, 0.6) is 23.0 Å². The van der Waals surface area contributed by atoms with E-state index in [-0.39, 0.29) is 13.3 Å². The first-order chi connectivity index (χ1) is 17.0. The Kier molecular flexibility index (Phi) is 7.47. The van der Waals surface area contributed by atoms with E-state index in [4.69, 9.17) is 18.9 Å². The van der Waals surface area contributed by atoms with Crippen molar-refractivity contribution in [2.24, 2.45) is 5.10 Å². The number of nitrogens with one attached hydrogen (secondary N) is 2. The summed E-state index contributed by atoms with van der Waals surface area (Å²) in [5.41, 5.74) is 5.68. The fourth-order valence-corrected chi connectivity index (χ4v) is 3.37. The molecule has 180 valence electrons. The van der Waals surface area contributed by atoms with E-state index < -0.39 is 11.8 Å². The van der Waals surface area contributed by atoms with Gasteiger partial charge in [-0.3, -0.25) is 9.59 Å². The van der Waals surface area contributed by atoms with Gasteiger partial charge in [-0.15, -0.1) is 0 Å². The van der Waals surface area contributed by atoms with Gasteiger partial charge in [-0.25, -0.2) is 5.43 Å². The number of fused-ring (bicyclic) bond motifs is 1. The summed E-state index contributed by atoms with van der Waals surface area (Å²) in [5.74, 6) is 1.34. The molecule has 0 spiro atoms. The molecule has 4 rings (SSSR count). The van der Waals surface area contributed by atoms with Crippen molar-refractivity contribution in [1.82, 2.24) is 10.7 Å². The van der Waals surface area contributed by atoms with Crippen LogP contribution in [0.2, 0.25) is 0 Å². The van der Waals surface area contributed by atoms with E-state index in [9.17, 15) is 9.59 Å². The van der Waals surface area contributed by atoms with Crippen LogP contribution in [0.1, 0.15) is 27.0 Å². The van der Waals surface area contributed by atoms with E-state index >= 15 is 0 Å². The van der Waals surface area contributed by atoms with Crippen molar-refractivity contribution < 1.29 is 28.5 Å². The predicted molar refractivity (Wildman–Crippen MR) is 129 cm³/mol. The van der Waals surface area contributed by atoms with Gasteiger partial charge < -0.3 is 24.3 Å². The lowest BCUT2D eigenvalue weighted by Crippen LogP contribution is -2.34. The van der Waals surface area contributed by atoms with E-state index in [2.05, 4.69) is 21.9 Å². The van der Waals surface area contributed by atoms with Gasteiger partial charge in [0.25, 0.3) is 11.8 Å². The highest BCUT2D eigenvalue weighted by atomic mass is 16.7. The highest BCUT2D eigenvalue weighted by molar-refractivity contribution is 5.97. The highest BCUT2D eigenvalue weighted by Gasteiger charge is 2.16. The Morgan fingerprint density at radius 2 is 1.89 bits per heavy atom. The van der Waals surface area contributed by atoms with Crippen LogP contribution in [0.15, 0.2) is 65.8 Å². The molecule has 0 radical (unpaired) electrons. The molecule has 3 aromatic rings. The Labute approximate surface area is 202 Å². The molecule has 35 heavy (non-hydrogen) atoms. The fourth-order valence-electron chi connectivity index (χ4n) is 3.37. The van der Waals surface area contributed by atoms with Gasteiger partial charge in [-0.1, -0.05) is 29.8 Å². The minimum atomic E-state index is -0.472. The standard InChI is InChI=1S/C26H25N3O6/c1-17-4-3-5-19(10-17)15-33-21-8-6-18(11-23(21)32-2)13-28-29-25(30)14-27-26(31)20-7-9-22-24(12-20)35-16-34-22/h3-13H,14-16H2,1-2H3,(H,27,31)(H,29,30). The zero-order chi connectivity index (χ0) is 24.6. The van der Waals surface area contributed by atoms with Gasteiger partial charge in [-0.05, 0) is 54.4 Å². The molecule has 0 atom stereocenters. The number of rotatable bonds is 9. The first-order valence-corrected chi connectivity index (χ1v) is 10.9. The van der Waals surface area contributed by atoms with Gasteiger partial charge in [0.15, 0.2) is 23.0 Å². The molecule has 3 aromatic carbocycles.